The summed E-state index contributed by atoms with van der Waals surface area (Å²) < 4.78 is 0. The minimum absolute atomic E-state index is 0.0272. The molecule has 1 heterocycles. The van der Waals surface area contributed by atoms with Gasteiger partial charge in [0.2, 0.25) is 0 Å². The van der Waals surface area contributed by atoms with Crippen molar-refractivity contribution in [1.29, 1.82) is 0 Å². The zero-order chi connectivity index (χ0) is 21.2. The van der Waals surface area contributed by atoms with Crippen LogP contribution in [-0.4, -0.2) is 5.78 Å². The highest BCUT2D eigenvalue weighted by molar-refractivity contribution is 6.05. The number of hydrogen-bond acceptors (Lipinski definition) is 2. The van der Waals surface area contributed by atoms with E-state index < -0.39 is 0 Å². The van der Waals surface area contributed by atoms with Gasteiger partial charge in [0, 0.05) is 29.3 Å². The number of hydrogen-bond donors (Lipinski definition) is 1. The van der Waals surface area contributed by atoms with Crippen molar-refractivity contribution in [1.82, 2.24) is 0 Å². The van der Waals surface area contributed by atoms with Gasteiger partial charge in [0.25, 0.3) is 0 Å². The second kappa shape index (κ2) is 6.55. The molecule has 1 aliphatic heterocycles. The monoisotopic (exact) mass is 403 g/mol. The van der Waals surface area contributed by atoms with Crippen LogP contribution in [0.4, 0.5) is 5.69 Å². The van der Waals surface area contributed by atoms with E-state index in [0.717, 1.165) is 23.4 Å². The zero-order valence-corrected chi connectivity index (χ0v) is 17.9. The van der Waals surface area contributed by atoms with E-state index in [1.54, 1.807) is 0 Å². The van der Waals surface area contributed by atoms with Crippen LogP contribution in [-0.2, 0) is 4.79 Å². The first-order chi connectivity index (χ1) is 15.0. The maximum Gasteiger partial charge on any atom is 0.162 e. The van der Waals surface area contributed by atoms with E-state index in [-0.39, 0.29) is 17.1 Å². The predicted molar refractivity (Wildman–Crippen MR) is 128 cm³/mol. The smallest absolute Gasteiger partial charge is 0.162 e. The molecule has 0 bridgehead atoms. The Balaban J connectivity index is 1.72. The van der Waals surface area contributed by atoms with Crippen molar-refractivity contribution in [2.45, 2.75) is 32.6 Å². The van der Waals surface area contributed by atoms with Crippen LogP contribution in [0.15, 0.2) is 90.1 Å². The summed E-state index contributed by atoms with van der Waals surface area (Å²) >= 11 is 0. The van der Waals surface area contributed by atoms with Crippen LogP contribution in [0.25, 0.3) is 21.5 Å². The normalized spacial score (nSPS) is 19.8. The lowest BCUT2D eigenvalue weighted by Gasteiger charge is -2.40. The van der Waals surface area contributed by atoms with Crippen molar-refractivity contribution >= 4 is 33.0 Å². The molecule has 0 fully saturated rings. The van der Waals surface area contributed by atoms with Gasteiger partial charge in [-0.1, -0.05) is 86.6 Å². The van der Waals surface area contributed by atoms with Crippen LogP contribution >= 0.6 is 0 Å². The zero-order valence-electron chi connectivity index (χ0n) is 17.9. The number of allylic oxidation sites excluding steroid dienone is 2. The number of nitrogens with one attached hydrogen (secondary N) is 1. The van der Waals surface area contributed by atoms with E-state index in [9.17, 15) is 4.79 Å². The number of carbonyl (C=O) groups is 1. The summed E-state index contributed by atoms with van der Waals surface area (Å²) in [6.07, 6.45) is 1.48. The molecule has 4 aromatic carbocycles. The maximum absolute atomic E-state index is 13.6. The molecule has 0 saturated carbocycles. The Bertz CT molecular complexity index is 1400. The first-order valence-electron chi connectivity index (χ1n) is 11.0. The molecule has 0 spiro atoms. The Morgan fingerprint density at radius 1 is 0.774 bits per heavy atom. The third-order valence-corrected chi connectivity index (χ3v) is 6.89. The topological polar surface area (TPSA) is 29.1 Å². The fraction of sp³-hybridized carbons (Fsp3) is 0.207. The number of ketones is 1. The van der Waals surface area contributed by atoms with Crippen LogP contribution < -0.4 is 5.32 Å². The predicted octanol–water partition coefficient (Wildman–Crippen LogP) is 7.19. The summed E-state index contributed by atoms with van der Waals surface area (Å²) in [4.78, 5) is 13.6. The fourth-order valence-electron chi connectivity index (χ4n) is 5.62. The van der Waals surface area contributed by atoms with Gasteiger partial charge >= 0.3 is 0 Å². The van der Waals surface area contributed by atoms with Crippen LogP contribution in [0.1, 0.15) is 43.7 Å². The van der Waals surface area contributed by atoms with E-state index in [1.165, 1.54) is 32.7 Å². The Labute approximate surface area is 182 Å². The second-order valence-electron chi connectivity index (χ2n) is 9.71. The molecule has 2 nitrogen and oxygen atoms in total. The molecule has 6 rings (SSSR count). The van der Waals surface area contributed by atoms with E-state index in [1.807, 2.05) is 0 Å². The summed E-state index contributed by atoms with van der Waals surface area (Å²) in [7, 11) is 0. The molecule has 2 heteroatoms. The van der Waals surface area contributed by atoms with Crippen LogP contribution in [0, 0.1) is 5.41 Å². The molecule has 31 heavy (non-hydrogen) atoms. The Morgan fingerprint density at radius 3 is 2.26 bits per heavy atom. The number of carbonyl (C=O) groups excluding carboxylic acids is 1. The van der Waals surface area contributed by atoms with Gasteiger partial charge < -0.3 is 5.32 Å². The van der Waals surface area contributed by atoms with Gasteiger partial charge in [-0.05, 0) is 50.6 Å². The molecule has 0 saturated heterocycles. The van der Waals surface area contributed by atoms with Crippen molar-refractivity contribution in [3.8, 4) is 0 Å². The first-order valence-corrected chi connectivity index (χ1v) is 11.0. The van der Waals surface area contributed by atoms with E-state index in [4.69, 9.17) is 0 Å². The molecule has 1 aliphatic carbocycles. The Morgan fingerprint density at radius 2 is 1.45 bits per heavy atom. The number of anilines is 1. The SMILES string of the molecule is CC1(C)CC(=O)C2=C(C1)Nc1ccc3ccccc3c1C2c1cccc2ccccc12. The molecule has 152 valence electrons. The van der Waals surface area contributed by atoms with Crippen LogP contribution in [0.5, 0.6) is 0 Å². The largest absolute Gasteiger partial charge is 0.358 e. The molecular formula is C29H25NO. The van der Waals surface area contributed by atoms with Gasteiger partial charge in [-0.15, -0.1) is 0 Å². The van der Waals surface area contributed by atoms with Crippen molar-refractivity contribution in [2.24, 2.45) is 5.41 Å². The number of Topliss-reactive ketones (excluding diaryl/α,β-unsaturated/α-hetero) is 1. The standard InChI is InChI=1S/C29H25NO/c1-29(2)16-24-28(25(31)17-29)27(22-13-7-10-18-8-3-5-11-20(18)22)26-21-12-6-4-9-19(21)14-15-23(26)30-24/h3-15,27,30H,16-17H2,1-2H3. The van der Waals surface area contributed by atoms with Gasteiger partial charge in [0.1, 0.15) is 0 Å². The lowest BCUT2D eigenvalue weighted by atomic mass is 9.67. The van der Waals surface area contributed by atoms with Crippen molar-refractivity contribution in [3.63, 3.8) is 0 Å². The highest BCUT2D eigenvalue weighted by atomic mass is 16.1. The average molecular weight is 404 g/mol. The minimum Gasteiger partial charge on any atom is -0.358 e. The molecule has 2 aliphatic rings. The highest BCUT2D eigenvalue weighted by Crippen LogP contribution is 2.51. The molecule has 4 aromatic rings. The van der Waals surface area contributed by atoms with E-state index in [2.05, 4.69) is 98.0 Å². The average Bonchev–Trinajstić information content (AvgIpc) is 2.76. The highest BCUT2D eigenvalue weighted by Gasteiger charge is 2.41. The molecule has 1 atom stereocenters. The van der Waals surface area contributed by atoms with Crippen LogP contribution in [0.3, 0.4) is 0 Å². The van der Waals surface area contributed by atoms with Crippen LogP contribution in [0.2, 0.25) is 0 Å². The minimum atomic E-state index is -0.0629. The lowest BCUT2D eigenvalue weighted by Crippen LogP contribution is -2.34. The molecule has 1 N–H and O–H groups in total. The van der Waals surface area contributed by atoms with E-state index in [0.29, 0.717) is 6.42 Å². The summed E-state index contributed by atoms with van der Waals surface area (Å²) in [5.41, 5.74) is 5.60. The maximum atomic E-state index is 13.6. The summed E-state index contributed by atoms with van der Waals surface area (Å²) in [6, 6.07) is 27.9. The van der Waals surface area contributed by atoms with Crippen molar-refractivity contribution < 1.29 is 4.79 Å². The Hall–Kier alpha value is -3.39. The Kier molecular flexibility index (Phi) is 3.89. The van der Waals surface area contributed by atoms with Gasteiger partial charge in [-0.25, -0.2) is 0 Å². The van der Waals surface area contributed by atoms with Crippen molar-refractivity contribution in [3.05, 3.63) is 101 Å². The summed E-state index contributed by atoms with van der Waals surface area (Å²) in [6.45, 7) is 4.39. The van der Waals surface area contributed by atoms with Gasteiger partial charge in [0.15, 0.2) is 5.78 Å². The fourth-order valence-corrected chi connectivity index (χ4v) is 5.62. The molecule has 0 aromatic heterocycles. The number of fused-ring (bicyclic) bond motifs is 4. The summed E-state index contributed by atoms with van der Waals surface area (Å²) in [5, 5.41) is 8.55. The third-order valence-electron chi connectivity index (χ3n) is 6.89. The number of rotatable bonds is 1. The molecular weight excluding hydrogens is 378 g/mol. The third kappa shape index (κ3) is 2.82. The molecule has 1 unspecified atom stereocenters. The molecule has 0 radical (unpaired) electrons. The van der Waals surface area contributed by atoms with Gasteiger partial charge in [-0.2, -0.15) is 0 Å². The number of benzene rings is 4. The first kappa shape index (κ1) is 18.4. The lowest BCUT2D eigenvalue weighted by molar-refractivity contribution is -0.118. The van der Waals surface area contributed by atoms with Crippen molar-refractivity contribution in [2.75, 3.05) is 5.32 Å². The molecule has 0 amide bonds. The van der Waals surface area contributed by atoms with Gasteiger partial charge in [0.05, 0.1) is 0 Å². The van der Waals surface area contributed by atoms with Gasteiger partial charge in [-0.3, -0.25) is 4.79 Å². The summed E-state index contributed by atoms with van der Waals surface area (Å²) in [5.74, 6) is 0.210. The van der Waals surface area contributed by atoms with E-state index >= 15 is 0 Å². The second-order valence-corrected chi connectivity index (χ2v) is 9.71. The quantitative estimate of drug-likeness (QED) is 0.364.